The van der Waals surface area contributed by atoms with Gasteiger partial charge in [-0.05, 0) is 25.3 Å². The Morgan fingerprint density at radius 1 is 1.36 bits per heavy atom. The van der Waals surface area contributed by atoms with Crippen molar-refractivity contribution in [1.82, 2.24) is 0 Å². The maximum atomic E-state index is 10.2. The molecule has 0 aliphatic carbocycles. The molecule has 74 valence electrons. The zero-order chi connectivity index (χ0) is 10.4. The molecule has 14 heavy (non-hydrogen) atoms. The SMILES string of the molecule is Cc1ccc(CCC=CC(=O)O)cc1. The molecule has 0 aliphatic heterocycles. The van der Waals surface area contributed by atoms with Crippen molar-refractivity contribution in [2.24, 2.45) is 0 Å². The molecular formula is C12H14O2. The third-order valence-electron chi connectivity index (χ3n) is 1.98. The average molecular weight is 190 g/mol. The van der Waals surface area contributed by atoms with Crippen LogP contribution in [0.3, 0.4) is 0 Å². The van der Waals surface area contributed by atoms with Crippen LogP contribution in [0.2, 0.25) is 0 Å². The summed E-state index contributed by atoms with van der Waals surface area (Å²) in [5.41, 5.74) is 2.49. The summed E-state index contributed by atoms with van der Waals surface area (Å²) in [6.07, 6.45) is 4.54. The summed E-state index contributed by atoms with van der Waals surface area (Å²) in [6, 6.07) is 8.28. The van der Waals surface area contributed by atoms with Gasteiger partial charge in [-0.3, -0.25) is 0 Å². The lowest BCUT2D eigenvalue weighted by Gasteiger charge is -1.98. The molecule has 0 aliphatic rings. The lowest BCUT2D eigenvalue weighted by molar-refractivity contribution is -0.131. The van der Waals surface area contributed by atoms with E-state index in [2.05, 4.69) is 24.3 Å². The number of aryl methyl sites for hydroxylation is 2. The quantitative estimate of drug-likeness (QED) is 0.741. The van der Waals surface area contributed by atoms with Gasteiger partial charge in [0.15, 0.2) is 0 Å². The van der Waals surface area contributed by atoms with Crippen LogP contribution in [-0.4, -0.2) is 11.1 Å². The molecule has 0 heterocycles. The first-order chi connectivity index (χ1) is 6.68. The van der Waals surface area contributed by atoms with E-state index in [-0.39, 0.29) is 0 Å². The van der Waals surface area contributed by atoms with Crippen LogP contribution in [0.25, 0.3) is 0 Å². The summed E-state index contributed by atoms with van der Waals surface area (Å²) < 4.78 is 0. The molecule has 0 atom stereocenters. The second-order valence-electron chi connectivity index (χ2n) is 3.26. The van der Waals surface area contributed by atoms with Crippen molar-refractivity contribution in [1.29, 1.82) is 0 Å². The van der Waals surface area contributed by atoms with Crippen molar-refractivity contribution in [2.75, 3.05) is 0 Å². The van der Waals surface area contributed by atoms with E-state index in [1.54, 1.807) is 6.08 Å². The van der Waals surface area contributed by atoms with Gasteiger partial charge >= 0.3 is 5.97 Å². The summed E-state index contributed by atoms with van der Waals surface area (Å²) in [5, 5.41) is 8.36. The van der Waals surface area contributed by atoms with Crippen LogP contribution < -0.4 is 0 Å². The second-order valence-corrected chi connectivity index (χ2v) is 3.26. The molecule has 2 nitrogen and oxygen atoms in total. The molecule has 1 aromatic carbocycles. The van der Waals surface area contributed by atoms with Gasteiger partial charge in [-0.2, -0.15) is 0 Å². The van der Waals surface area contributed by atoms with Gasteiger partial charge in [0.1, 0.15) is 0 Å². The number of rotatable bonds is 4. The van der Waals surface area contributed by atoms with Gasteiger partial charge in [0.2, 0.25) is 0 Å². The van der Waals surface area contributed by atoms with E-state index in [4.69, 9.17) is 5.11 Å². The highest BCUT2D eigenvalue weighted by Gasteiger charge is 1.91. The van der Waals surface area contributed by atoms with Crippen molar-refractivity contribution in [2.45, 2.75) is 19.8 Å². The second kappa shape index (κ2) is 5.22. The zero-order valence-electron chi connectivity index (χ0n) is 8.23. The number of carboxylic acids is 1. The molecule has 0 unspecified atom stereocenters. The highest BCUT2D eigenvalue weighted by atomic mass is 16.4. The van der Waals surface area contributed by atoms with Crippen molar-refractivity contribution >= 4 is 5.97 Å². The van der Waals surface area contributed by atoms with Gasteiger partial charge in [-0.1, -0.05) is 35.9 Å². The maximum Gasteiger partial charge on any atom is 0.327 e. The van der Waals surface area contributed by atoms with E-state index >= 15 is 0 Å². The standard InChI is InChI=1S/C12H14O2/c1-10-6-8-11(9-7-10)4-2-3-5-12(13)14/h3,5-9H,2,4H2,1H3,(H,13,14). The molecule has 0 radical (unpaired) electrons. The van der Waals surface area contributed by atoms with Gasteiger partial charge in [-0.25, -0.2) is 4.79 Å². The van der Waals surface area contributed by atoms with Crippen molar-refractivity contribution in [3.63, 3.8) is 0 Å². The predicted molar refractivity (Wildman–Crippen MR) is 56.3 cm³/mol. The molecule has 1 aromatic rings. The van der Waals surface area contributed by atoms with Crippen molar-refractivity contribution < 1.29 is 9.90 Å². The molecule has 0 saturated heterocycles. The van der Waals surface area contributed by atoms with Gasteiger partial charge in [-0.15, -0.1) is 0 Å². The van der Waals surface area contributed by atoms with E-state index in [1.165, 1.54) is 17.2 Å². The molecule has 0 spiro atoms. The van der Waals surface area contributed by atoms with Gasteiger partial charge < -0.3 is 5.11 Å². The normalized spacial score (nSPS) is 10.6. The van der Waals surface area contributed by atoms with E-state index in [0.29, 0.717) is 0 Å². The third-order valence-corrected chi connectivity index (χ3v) is 1.98. The zero-order valence-corrected chi connectivity index (χ0v) is 8.23. The van der Waals surface area contributed by atoms with Gasteiger partial charge in [0, 0.05) is 6.08 Å². The number of carbonyl (C=O) groups is 1. The molecule has 0 bridgehead atoms. The minimum Gasteiger partial charge on any atom is -0.478 e. The lowest BCUT2D eigenvalue weighted by Crippen LogP contribution is -1.87. The third kappa shape index (κ3) is 3.90. The van der Waals surface area contributed by atoms with E-state index < -0.39 is 5.97 Å². The number of hydrogen-bond donors (Lipinski definition) is 1. The largest absolute Gasteiger partial charge is 0.478 e. The molecule has 0 fully saturated rings. The summed E-state index contributed by atoms with van der Waals surface area (Å²) in [4.78, 5) is 10.2. The number of aliphatic carboxylic acids is 1. The Morgan fingerprint density at radius 2 is 2.00 bits per heavy atom. The van der Waals surface area contributed by atoms with E-state index in [1.807, 2.05) is 6.92 Å². The van der Waals surface area contributed by atoms with Crippen LogP contribution >= 0.6 is 0 Å². The Balaban J connectivity index is 2.39. The molecule has 0 saturated carbocycles. The number of hydrogen-bond acceptors (Lipinski definition) is 1. The first kappa shape index (κ1) is 10.5. The molecule has 1 N–H and O–H groups in total. The molecule has 0 aromatic heterocycles. The Bertz CT molecular complexity index is 323. The fraction of sp³-hybridized carbons (Fsp3) is 0.250. The first-order valence-electron chi connectivity index (χ1n) is 4.63. The highest BCUT2D eigenvalue weighted by Crippen LogP contribution is 2.05. The Hall–Kier alpha value is -1.57. The van der Waals surface area contributed by atoms with Gasteiger partial charge in [0.05, 0.1) is 0 Å². The molecule has 1 rings (SSSR count). The molecule has 0 amide bonds. The fourth-order valence-electron chi connectivity index (χ4n) is 1.19. The summed E-state index contributed by atoms with van der Waals surface area (Å²) >= 11 is 0. The van der Waals surface area contributed by atoms with E-state index in [9.17, 15) is 4.79 Å². The van der Waals surface area contributed by atoms with Crippen LogP contribution in [0.15, 0.2) is 36.4 Å². The Kier molecular flexibility index (Phi) is 3.92. The monoisotopic (exact) mass is 190 g/mol. The fourth-order valence-corrected chi connectivity index (χ4v) is 1.19. The molecule has 2 heteroatoms. The minimum absolute atomic E-state index is 0.773. The topological polar surface area (TPSA) is 37.3 Å². The summed E-state index contributed by atoms with van der Waals surface area (Å²) in [5.74, 6) is -0.881. The lowest BCUT2D eigenvalue weighted by atomic mass is 10.1. The highest BCUT2D eigenvalue weighted by molar-refractivity contribution is 5.79. The van der Waals surface area contributed by atoms with Gasteiger partial charge in [0.25, 0.3) is 0 Å². The first-order valence-corrected chi connectivity index (χ1v) is 4.63. The number of allylic oxidation sites excluding steroid dienone is 1. The van der Waals surface area contributed by atoms with Crippen LogP contribution in [0.4, 0.5) is 0 Å². The van der Waals surface area contributed by atoms with E-state index in [0.717, 1.165) is 12.8 Å². The van der Waals surface area contributed by atoms with Crippen molar-refractivity contribution in [3.8, 4) is 0 Å². The van der Waals surface area contributed by atoms with Crippen LogP contribution in [0.1, 0.15) is 17.5 Å². The van der Waals surface area contributed by atoms with Crippen LogP contribution in [0.5, 0.6) is 0 Å². The number of benzene rings is 1. The predicted octanol–water partition coefficient (Wildman–Crippen LogP) is 2.57. The van der Waals surface area contributed by atoms with Crippen LogP contribution in [0, 0.1) is 6.92 Å². The average Bonchev–Trinajstić information content (AvgIpc) is 2.15. The summed E-state index contributed by atoms with van der Waals surface area (Å²) in [7, 11) is 0. The Labute approximate surface area is 83.9 Å². The molecular weight excluding hydrogens is 176 g/mol. The smallest absolute Gasteiger partial charge is 0.327 e. The Morgan fingerprint density at radius 3 is 2.57 bits per heavy atom. The number of carboxylic acid groups (broad SMARTS) is 1. The van der Waals surface area contributed by atoms with Crippen molar-refractivity contribution in [3.05, 3.63) is 47.5 Å². The minimum atomic E-state index is -0.881. The summed E-state index contributed by atoms with van der Waals surface area (Å²) in [6.45, 7) is 2.05. The van der Waals surface area contributed by atoms with Crippen LogP contribution in [-0.2, 0) is 11.2 Å². The maximum absolute atomic E-state index is 10.2.